The SMILES string of the molecule is O=C(NC1CCCCC1)/C(=C\c1ccccc1)NC(=O)c1ccccc1. The Bertz CT molecular complexity index is 763. The molecule has 0 unspecified atom stereocenters. The first kappa shape index (κ1) is 17.9. The molecule has 3 rings (SSSR count). The van der Waals surface area contributed by atoms with E-state index in [1.807, 2.05) is 36.4 Å². The van der Waals surface area contributed by atoms with Crippen LogP contribution in [0.1, 0.15) is 48.0 Å². The lowest BCUT2D eigenvalue weighted by Gasteiger charge is -2.23. The number of nitrogens with one attached hydrogen (secondary N) is 2. The molecule has 26 heavy (non-hydrogen) atoms. The third-order valence-corrected chi connectivity index (χ3v) is 4.58. The first-order chi connectivity index (χ1) is 12.7. The third kappa shape index (κ3) is 5.06. The van der Waals surface area contributed by atoms with Gasteiger partial charge in [-0.3, -0.25) is 9.59 Å². The maximum atomic E-state index is 12.8. The Morgan fingerprint density at radius 2 is 1.46 bits per heavy atom. The van der Waals surface area contributed by atoms with Gasteiger partial charge in [-0.05, 0) is 36.6 Å². The van der Waals surface area contributed by atoms with Gasteiger partial charge in [-0.25, -0.2) is 0 Å². The summed E-state index contributed by atoms with van der Waals surface area (Å²) in [6, 6.07) is 18.6. The molecule has 0 aliphatic heterocycles. The van der Waals surface area contributed by atoms with Crippen molar-refractivity contribution in [3.8, 4) is 0 Å². The zero-order chi connectivity index (χ0) is 18.2. The number of amides is 2. The maximum absolute atomic E-state index is 12.8. The van der Waals surface area contributed by atoms with Crippen LogP contribution in [0.3, 0.4) is 0 Å². The zero-order valence-corrected chi connectivity index (χ0v) is 14.8. The van der Waals surface area contributed by atoms with Crippen LogP contribution in [0.5, 0.6) is 0 Å². The standard InChI is InChI=1S/C22H24N2O2/c25-21(18-12-6-2-7-13-18)24-20(16-17-10-4-1-5-11-17)22(26)23-19-14-8-3-9-15-19/h1-2,4-7,10-13,16,19H,3,8-9,14-15H2,(H,23,26)(H,24,25)/b20-16+. The Hall–Kier alpha value is -2.88. The summed E-state index contributed by atoms with van der Waals surface area (Å²) in [7, 11) is 0. The Balaban J connectivity index is 1.78. The van der Waals surface area contributed by atoms with Crippen LogP contribution in [-0.4, -0.2) is 17.9 Å². The van der Waals surface area contributed by atoms with Gasteiger partial charge in [-0.1, -0.05) is 67.8 Å². The number of rotatable bonds is 5. The minimum absolute atomic E-state index is 0.184. The first-order valence-corrected chi connectivity index (χ1v) is 9.16. The highest BCUT2D eigenvalue weighted by Crippen LogP contribution is 2.18. The van der Waals surface area contributed by atoms with Crippen LogP contribution in [0.25, 0.3) is 6.08 Å². The Labute approximate surface area is 154 Å². The van der Waals surface area contributed by atoms with E-state index in [9.17, 15) is 9.59 Å². The van der Waals surface area contributed by atoms with E-state index in [2.05, 4.69) is 10.6 Å². The molecule has 2 N–H and O–H groups in total. The summed E-state index contributed by atoms with van der Waals surface area (Å²) >= 11 is 0. The van der Waals surface area contributed by atoms with Crippen LogP contribution >= 0.6 is 0 Å². The van der Waals surface area contributed by atoms with E-state index in [1.165, 1.54) is 6.42 Å². The normalized spacial score (nSPS) is 15.3. The van der Waals surface area contributed by atoms with Gasteiger partial charge in [0.2, 0.25) is 0 Å². The smallest absolute Gasteiger partial charge is 0.268 e. The molecule has 0 heterocycles. The van der Waals surface area contributed by atoms with E-state index in [0.29, 0.717) is 5.56 Å². The van der Waals surface area contributed by atoms with Crippen molar-refractivity contribution in [3.63, 3.8) is 0 Å². The van der Waals surface area contributed by atoms with Gasteiger partial charge in [0.25, 0.3) is 11.8 Å². The fourth-order valence-corrected chi connectivity index (χ4v) is 3.17. The lowest BCUT2D eigenvalue weighted by Crippen LogP contribution is -2.41. The summed E-state index contributed by atoms with van der Waals surface area (Å²) in [4.78, 5) is 25.3. The summed E-state index contributed by atoms with van der Waals surface area (Å²) in [5, 5.41) is 5.86. The van der Waals surface area contributed by atoms with Crippen molar-refractivity contribution < 1.29 is 9.59 Å². The molecule has 1 saturated carbocycles. The highest BCUT2D eigenvalue weighted by molar-refractivity contribution is 6.05. The van der Waals surface area contributed by atoms with Crippen molar-refractivity contribution in [2.75, 3.05) is 0 Å². The number of benzene rings is 2. The largest absolute Gasteiger partial charge is 0.348 e. The second-order valence-corrected chi connectivity index (χ2v) is 6.60. The van der Waals surface area contributed by atoms with Gasteiger partial charge in [0.1, 0.15) is 5.70 Å². The number of carbonyl (C=O) groups excluding carboxylic acids is 2. The molecule has 2 amide bonds. The summed E-state index contributed by atoms with van der Waals surface area (Å²) in [6.07, 6.45) is 7.22. The van der Waals surface area contributed by atoms with E-state index in [0.717, 1.165) is 31.2 Å². The molecule has 0 saturated heterocycles. The van der Waals surface area contributed by atoms with Gasteiger partial charge in [-0.15, -0.1) is 0 Å². The Kier molecular flexibility index (Phi) is 6.20. The van der Waals surface area contributed by atoms with Gasteiger partial charge in [0, 0.05) is 11.6 Å². The lowest BCUT2D eigenvalue weighted by molar-refractivity contribution is -0.118. The highest BCUT2D eigenvalue weighted by Gasteiger charge is 2.20. The maximum Gasteiger partial charge on any atom is 0.268 e. The van der Waals surface area contributed by atoms with Crippen molar-refractivity contribution >= 4 is 17.9 Å². The van der Waals surface area contributed by atoms with Crippen LogP contribution in [0.2, 0.25) is 0 Å². The average molecular weight is 348 g/mol. The number of hydrogen-bond donors (Lipinski definition) is 2. The molecule has 0 aromatic heterocycles. The molecule has 0 bridgehead atoms. The third-order valence-electron chi connectivity index (χ3n) is 4.58. The zero-order valence-electron chi connectivity index (χ0n) is 14.8. The van der Waals surface area contributed by atoms with E-state index < -0.39 is 0 Å². The van der Waals surface area contributed by atoms with Crippen molar-refractivity contribution in [2.45, 2.75) is 38.1 Å². The minimum atomic E-state index is -0.286. The fraction of sp³-hybridized carbons (Fsp3) is 0.273. The minimum Gasteiger partial charge on any atom is -0.348 e. The predicted octanol–water partition coefficient (Wildman–Crippen LogP) is 3.91. The van der Waals surface area contributed by atoms with E-state index >= 15 is 0 Å². The molecule has 134 valence electrons. The summed E-state index contributed by atoms with van der Waals surface area (Å²) in [5.74, 6) is -0.517. The molecule has 2 aromatic carbocycles. The summed E-state index contributed by atoms with van der Waals surface area (Å²) in [5.41, 5.74) is 1.67. The second kappa shape index (κ2) is 8.99. The molecule has 1 fully saturated rings. The quantitative estimate of drug-likeness (QED) is 0.805. The first-order valence-electron chi connectivity index (χ1n) is 9.16. The molecule has 0 spiro atoms. The van der Waals surface area contributed by atoms with Gasteiger partial charge in [0.05, 0.1) is 0 Å². The molecule has 1 aliphatic carbocycles. The monoisotopic (exact) mass is 348 g/mol. The summed E-state index contributed by atoms with van der Waals surface area (Å²) < 4.78 is 0. The molecule has 4 heteroatoms. The van der Waals surface area contributed by atoms with E-state index in [4.69, 9.17) is 0 Å². The van der Waals surface area contributed by atoms with E-state index in [1.54, 1.807) is 30.3 Å². The van der Waals surface area contributed by atoms with Crippen molar-refractivity contribution in [3.05, 3.63) is 77.5 Å². The number of carbonyl (C=O) groups is 2. The summed E-state index contributed by atoms with van der Waals surface area (Å²) in [6.45, 7) is 0. The van der Waals surface area contributed by atoms with Gasteiger partial charge >= 0.3 is 0 Å². The molecule has 0 radical (unpaired) electrons. The predicted molar refractivity (Wildman–Crippen MR) is 103 cm³/mol. The molecular formula is C22H24N2O2. The second-order valence-electron chi connectivity index (χ2n) is 6.60. The molecule has 1 aliphatic rings. The average Bonchev–Trinajstić information content (AvgIpc) is 2.69. The fourth-order valence-electron chi connectivity index (χ4n) is 3.17. The molecule has 4 nitrogen and oxygen atoms in total. The van der Waals surface area contributed by atoms with E-state index in [-0.39, 0.29) is 23.6 Å². The lowest BCUT2D eigenvalue weighted by atomic mass is 9.95. The molecule has 2 aromatic rings. The Morgan fingerprint density at radius 1 is 0.846 bits per heavy atom. The topological polar surface area (TPSA) is 58.2 Å². The van der Waals surface area contributed by atoms with Crippen molar-refractivity contribution in [2.24, 2.45) is 0 Å². The van der Waals surface area contributed by atoms with Crippen LogP contribution in [-0.2, 0) is 4.79 Å². The van der Waals surface area contributed by atoms with Crippen LogP contribution in [0.4, 0.5) is 0 Å². The van der Waals surface area contributed by atoms with Gasteiger partial charge in [0.15, 0.2) is 0 Å². The number of hydrogen-bond acceptors (Lipinski definition) is 2. The Morgan fingerprint density at radius 3 is 2.12 bits per heavy atom. The molecule has 0 atom stereocenters. The van der Waals surface area contributed by atoms with Crippen LogP contribution in [0, 0.1) is 0 Å². The van der Waals surface area contributed by atoms with Crippen molar-refractivity contribution in [1.29, 1.82) is 0 Å². The van der Waals surface area contributed by atoms with Gasteiger partial charge < -0.3 is 10.6 Å². The van der Waals surface area contributed by atoms with Crippen LogP contribution in [0.15, 0.2) is 66.4 Å². The van der Waals surface area contributed by atoms with Crippen molar-refractivity contribution in [1.82, 2.24) is 10.6 Å². The van der Waals surface area contributed by atoms with Gasteiger partial charge in [-0.2, -0.15) is 0 Å². The highest BCUT2D eigenvalue weighted by atomic mass is 16.2. The van der Waals surface area contributed by atoms with Crippen LogP contribution < -0.4 is 10.6 Å². The molecular weight excluding hydrogens is 324 g/mol.